The first-order valence-corrected chi connectivity index (χ1v) is 10.7. The van der Waals surface area contributed by atoms with Gasteiger partial charge in [-0.05, 0) is 55.5 Å². The van der Waals surface area contributed by atoms with E-state index in [2.05, 4.69) is 29.1 Å². The molecule has 0 spiro atoms. The highest BCUT2D eigenvalue weighted by atomic mass is 32.2. The van der Waals surface area contributed by atoms with Crippen LogP contribution in [-0.4, -0.2) is 20.9 Å². The van der Waals surface area contributed by atoms with E-state index >= 15 is 0 Å². The van der Waals surface area contributed by atoms with Gasteiger partial charge in [-0.1, -0.05) is 43.3 Å². The Morgan fingerprint density at radius 3 is 2.37 bits per heavy atom. The third-order valence-electron chi connectivity index (χ3n) is 4.54. The van der Waals surface area contributed by atoms with Crippen molar-refractivity contribution in [3.63, 3.8) is 0 Å². The number of aryl methyl sites for hydroxylation is 3. The highest BCUT2D eigenvalue weighted by molar-refractivity contribution is 7.89. The van der Waals surface area contributed by atoms with E-state index in [0.717, 1.165) is 17.5 Å². The van der Waals surface area contributed by atoms with Crippen molar-refractivity contribution >= 4 is 15.9 Å². The number of sulfonamides is 1. The fraction of sp³-hybridized carbons (Fsp3) is 0.381. The lowest BCUT2D eigenvalue weighted by atomic mass is 10.0. The van der Waals surface area contributed by atoms with Gasteiger partial charge in [0.25, 0.3) is 0 Å². The number of amides is 1. The van der Waals surface area contributed by atoms with Gasteiger partial charge in [0, 0.05) is 13.0 Å². The van der Waals surface area contributed by atoms with Gasteiger partial charge < -0.3 is 5.32 Å². The minimum absolute atomic E-state index is 0.0586. The molecule has 2 aromatic carbocycles. The summed E-state index contributed by atoms with van der Waals surface area (Å²) in [4.78, 5) is 12.4. The van der Waals surface area contributed by atoms with Crippen LogP contribution < -0.4 is 10.0 Å². The maximum atomic E-state index is 12.4. The van der Waals surface area contributed by atoms with Gasteiger partial charge in [0.15, 0.2) is 0 Å². The van der Waals surface area contributed by atoms with Gasteiger partial charge in [-0.2, -0.15) is 0 Å². The molecule has 6 heteroatoms. The summed E-state index contributed by atoms with van der Waals surface area (Å²) in [5.41, 5.74) is 3.83. The molecule has 0 aliphatic heterocycles. The van der Waals surface area contributed by atoms with Crippen molar-refractivity contribution in [2.45, 2.75) is 51.5 Å². The van der Waals surface area contributed by atoms with Crippen LogP contribution in [-0.2, 0) is 21.2 Å². The highest BCUT2D eigenvalue weighted by Gasteiger charge is 2.17. The molecule has 0 aliphatic carbocycles. The second-order valence-corrected chi connectivity index (χ2v) is 8.54. The number of carbonyl (C=O) groups is 1. The molecule has 0 aliphatic rings. The summed E-state index contributed by atoms with van der Waals surface area (Å²) in [6, 6.07) is 13.3. The Labute approximate surface area is 162 Å². The van der Waals surface area contributed by atoms with Crippen LogP contribution in [0, 0.1) is 13.8 Å². The zero-order chi connectivity index (χ0) is 20.0. The van der Waals surface area contributed by atoms with Gasteiger partial charge in [-0.3, -0.25) is 4.79 Å². The van der Waals surface area contributed by atoms with Crippen molar-refractivity contribution in [3.8, 4) is 0 Å². The summed E-state index contributed by atoms with van der Waals surface area (Å²) in [5.74, 6) is -0.189. The van der Waals surface area contributed by atoms with Crippen LogP contribution in [0.3, 0.4) is 0 Å². The van der Waals surface area contributed by atoms with Crippen LogP contribution in [0.1, 0.15) is 48.6 Å². The zero-order valence-electron chi connectivity index (χ0n) is 16.4. The number of benzene rings is 2. The minimum atomic E-state index is -3.63. The van der Waals surface area contributed by atoms with Crippen molar-refractivity contribution in [3.05, 3.63) is 64.7 Å². The van der Waals surface area contributed by atoms with Crippen LogP contribution >= 0.6 is 0 Å². The number of hydrogen-bond donors (Lipinski definition) is 2. The Hall–Kier alpha value is -2.18. The fourth-order valence-electron chi connectivity index (χ4n) is 2.81. The summed E-state index contributed by atoms with van der Waals surface area (Å²) < 4.78 is 27.4. The molecule has 0 radical (unpaired) electrons. The molecule has 2 aromatic rings. The van der Waals surface area contributed by atoms with Gasteiger partial charge in [-0.15, -0.1) is 0 Å². The number of carbonyl (C=O) groups excluding carboxylic acids is 1. The monoisotopic (exact) mass is 388 g/mol. The summed E-state index contributed by atoms with van der Waals surface area (Å²) >= 11 is 0. The molecule has 0 bridgehead atoms. The molecule has 0 fully saturated rings. The molecule has 0 heterocycles. The SMILES string of the molecule is CCc1ccc(C(C)NC(=O)CCNS(=O)(=O)c2cc(C)ccc2C)cc1. The Balaban J connectivity index is 1.88. The maximum absolute atomic E-state index is 12.4. The standard InChI is InChI=1S/C21H28N2O3S/c1-5-18-8-10-19(11-9-18)17(4)23-21(24)12-13-22-27(25,26)20-14-15(2)6-7-16(20)3/h6-11,14,17,22H,5,12-13H2,1-4H3,(H,23,24). The molecule has 146 valence electrons. The largest absolute Gasteiger partial charge is 0.350 e. The molecule has 0 aromatic heterocycles. The van der Waals surface area contributed by atoms with Crippen molar-refractivity contribution < 1.29 is 13.2 Å². The lowest BCUT2D eigenvalue weighted by molar-refractivity contribution is -0.121. The van der Waals surface area contributed by atoms with Gasteiger partial charge in [0.05, 0.1) is 10.9 Å². The van der Waals surface area contributed by atoms with E-state index in [1.807, 2.05) is 32.0 Å². The first-order valence-electron chi connectivity index (χ1n) is 9.18. The lowest BCUT2D eigenvalue weighted by Crippen LogP contribution is -2.32. The zero-order valence-corrected chi connectivity index (χ0v) is 17.2. The van der Waals surface area contributed by atoms with E-state index in [1.54, 1.807) is 19.1 Å². The molecule has 5 nitrogen and oxygen atoms in total. The van der Waals surface area contributed by atoms with E-state index in [-0.39, 0.29) is 29.8 Å². The Bertz CT molecular complexity index is 890. The first kappa shape index (κ1) is 21.1. The highest BCUT2D eigenvalue weighted by Crippen LogP contribution is 2.17. The Morgan fingerprint density at radius 2 is 1.74 bits per heavy atom. The van der Waals surface area contributed by atoms with E-state index < -0.39 is 10.0 Å². The van der Waals surface area contributed by atoms with Crippen LogP contribution in [0.4, 0.5) is 0 Å². The molecule has 1 amide bonds. The van der Waals surface area contributed by atoms with Crippen molar-refractivity contribution in [1.82, 2.24) is 10.0 Å². The molecule has 1 atom stereocenters. The van der Waals surface area contributed by atoms with E-state index in [4.69, 9.17) is 0 Å². The molecular weight excluding hydrogens is 360 g/mol. The van der Waals surface area contributed by atoms with Crippen LogP contribution in [0.15, 0.2) is 47.4 Å². The van der Waals surface area contributed by atoms with Crippen molar-refractivity contribution in [2.24, 2.45) is 0 Å². The van der Waals surface area contributed by atoms with Gasteiger partial charge in [-0.25, -0.2) is 13.1 Å². The molecule has 1 unspecified atom stereocenters. The van der Waals surface area contributed by atoms with Crippen LogP contribution in [0.5, 0.6) is 0 Å². The van der Waals surface area contributed by atoms with Gasteiger partial charge >= 0.3 is 0 Å². The van der Waals surface area contributed by atoms with E-state index in [0.29, 0.717) is 5.56 Å². The first-order chi connectivity index (χ1) is 12.7. The molecule has 0 saturated heterocycles. The Morgan fingerprint density at radius 1 is 1.07 bits per heavy atom. The average molecular weight is 389 g/mol. The second kappa shape index (κ2) is 9.15. The molecule has 0 saturated carbocycles. The number of hydrogen-bond acceptors (Lipinski definition) is 3. The molecular formula is C21H28N2O3S. The number of nitrogens with one attached hydrogen (secondary N) is 2. The van der Waals surface area contributed by atoms with Crippen molar-refractivity contribution in [2.75, 3.05) is 6.54 Å². The quantitative estimate of drug-likeness (QED) is 0.728. The van der Waals surface area contributed by atoms with Gasteiger partial charge in [0.2, 0.25) is 15.9 Å². The lowest BCUT2D eigenvalue weighted by Gasteiger charge is -2.15. The smallest absolute Gasteiger partial charge is 0.240 e. The molecule has 2 N–H and O–H groups in total. The summed E-state index contributed by atoms with van der Waals surface area (Å²) in [6.07, 6.45) is 1.06. The van der Waals surface area contributed by atoms with Crippen LogP contribution in [0.25, 0.3) is 0 Å². The fourth-order valence-corrected chi connectivity index (χ4v) is 4.17. The molecule has 2 rings (SSSR count). The van der Waals surface area contributed by atoms with Gasteiger partial charge in [0.1, 0.15) is 0 Å². The predicted molar refractivity (Wildman–Crippen MR) is 108 cm³/mol. The number of rotatable bonds is 8. The van der Waals surface area contributed by atoms with E-state index in [9.17, 15) is 13.2 Å². The maximum Gasteiger partial charge on any atom is 0.240 e. The minimum Gasteiger partial charge on any atom is -0.350 e. The third-order valence-corrected chi connectivity index (χ3v) is 6.15. The summed E-state index contributed by atoms with van der Waals surface area (Å²) in [6.45, 7) is 7.67. The predicted octanol–water partition coefficient (Wildman–Crippen LogP) is 3.41. The third kappa shape index (κ3) is 5.91. The second-order valence-electron chi connectivity index (χ2n) is 6.80. The normalized spacial score (nSPS) is 12.6. The Kier molecular flexibility index (Phi) is 7.16. The van der Waals surface area contributed by atoms with E-state index in [1.165, 1.54) is 5.56 Å². The molecule has 27 heavy (non-hydrogen) atoms. The van der Waals surface area contributed by atoms with Crippen molar-refractivity contribution in [1.29, 1.82) is 0 Å². The topological polar surface area (TPSA) is 75.3 Å². The summed E-state index contributed by atoms with van der Waals surface area (Å²) in [7, 11) is -3.63. The average Bonchev–Trinajstić information content (AvgIpc) is 2.63. The summed E-state index contributed by atoms with van der Waals surface area (Å²) in [5, 5.41) is 2.91. The van der Waals surface area contributed by atoms with Crippen LogP contribution in [0.2, 0.25) is 0 Å².